The molecular weight excluding hydrogens is 334 g/mol. The molecule has 0 amide bonds. The minimum absolute atomic E-state index is 0.815. The van der Waals surface area contributed by atoms with Gasteiger partial charge in [-0.25, -0.2) is 9.97 Å². The van der Waals surface area contributed by atoms with E-state index < -0.39 is 0 Å². The molecule has 0 unspecified atom stereocenters. The SMILES string of the molecule is CCCc1nc(Br)cc(Nc2ccc3sccc3c2)n1. The van der Waals surface area contributed by atoms with E-state index in [1.54, 1.807) is 11.3 Å². The van der Waals surface area contributed by atoms with E-state index in [9.17, 15) is 0 Å². The molecule has 0 saturated heterocycles. The minimum Gasteiger partial charge on any atom is -0.340 e. The summed E-state index contributed by atoms with van der Waals surface area (Å²) in [6.07, 6.45) is 1.93. The van der Waals surface area contributed by atoms with Crippen molar-refractivity contribution in [3.63, 3.8) is 0 Å². The molecule has 20 heavy (non-hydrogen) atoms. The van der Waals surface area contributed by atoms with E-state index in [2.05, 4.69) is 67.8 Å². The van der Waals surface area contributed by atoms with Crippen LogP contribution in [0, 0.1) is 0 Å². The number of fused-ring (bicyclic) bond motifs is 1. The van der Waals surface area contributed by atoms with Crippen molar-refractivity contribution in [3.8, 4) is 0 Å². The molecule has 2 heterocycles. The smallest absolute Gasteiger partial charge is 0.135 e. The first kappa shape index (κ1) is 13.5. The van der Waals surface area contributed by atoms with Crippen LogP contribution in [0.5, 0.6) is 0 Å². The van der Waals surface area contributed by atoms with Crippen molar-refractivity contribution in [1.29, 1.82) is 0 Å². The maximum absolute atomic E-state index is 4.54. The van der Waals surface area contributed by atoms with Crippen molar-refractivity contribution in [2.45, 2.75) is 19.8 Å². The summed E-state index contributed by atoms with van der Waals surface area (Å²) in [5.41, 5.74) is 1.05. The number of nitrogens with one attached hydrogen (secondary N) is 1. The Hall–Kier alpha value is -1.46. The van der Waals surface area contributed by atoms with Gasteiger partial charge in [0.05, 0.1) is 0 Å². The lowest BCUT2D eigenvalue weighted by Crippen LogP contribution is -2.00. The van der Waals surface area contributed by atoms with Crippen molar-refractivity contribution >= 4 is 48.9 Å². The van der Waals surface area contributed by atoms with Gasteiger partial charge in [-0.1, -0.05) is 6.92 Å². The Morgan fingerprint density at radius 1 is 1.20 bits per heavy atom. The van der Waals surface area contributed by atoms with Crippen LogP contribution in [0.1, 0.15) is 19.2 Å². The van der Waals surface area contributed by atoms with Crippen molar-refractivity contribution in [1.82, 2.24) is 9.97 Å². The largest absolute Gasteiger partial charge is 0.340 e. The van der Waals surface area contributed by atoms with Crippen LogP contribution in [0.25, 0.3) is 10.1 Å². The number of thiophene rings is 1. The molecule has 3 nitrogen and oxygen atoms in total. The highest BCUT2D eigenvalue weighted by Gasteiger charge is 2.04. The third-order valence-electron chi connectivity index (χ3n) is 2.94. The van der Waals surface area contributed by atoms with Gasteiger partial charge in [0, 0.05) is 22.9 Å². The Labute approximate surface area is 130 Å². The number of nitrogens with zero attached hydrogens (tertiary/aromatic N) is 2. The highest BCUT2D eigenvalue weighted by Crippen LogP contribution is 2.26. The fourth-order valence-corrected chi connectivity index (χ4v) is 3.25. The van der Waals surface area contributed by atoms with Crippen molar-refractivity contribution in [2.24, 2.45) is 0 Å². The van der Waals surface area contributed by atoms with Gasteiger partial charge in [-0.2, -0.15) is 0 Å². The summed E-state index contributed by atoms with van der Waals surface area (Å²) in [7, 11) is 0. The maximum Gasteiger partial charge on any atom is 0.135 e. The third-order valence-corrected chi connectivity index (χ3v) is 4.24. The first-order valence-electron chi connectivity index (χ1n) is 6.52. The first-order chi connectivity index (χ1) is 9.74. The molecule has 1 aromatic carbocycles. The van der Waals surface area contributed by atoms with Crippen LogP contribution in [0.2, 0.25) is 0 Å². The highest BCUT2D eigenvalue weighted by atomic mass is 79.9. The molecule has 0 radical (unpaired) electrons. The molecule has 0 spiro atoms. The van der Waals surface area contributed by atoms with Crippen LogP contribution in [-0.4, -0.2) is 9.97 Å². The molecular formula is C15H14BrN3S. The lowest BCUT2D eigenvalue weighted by atomic mass is 10.2. The Bertz CT molecular complexity index is 739. The normalized spacial score (nSPS) is 10.9. The molecule has 1 N–H and O–H groups in total. The summed E-state index contributed by atoms with van der Waals surface area (Å²) in [6.45, 7) is 2.13. The van der Waals surface area contributed by atoms with Gasteiger partial charge in [-0.3, -0.25) is 0 Å². The second-order valence-electron chi connectivity index (χ2n) is 4.54. The third kappa shape index (κ3) is 2.99. The summed E-state index contributed by atoms with van der Waals surface area (Å²) in [5, 5.41) is 6.71. The van der Waals surface area contributed by atoms with Crippen LogP contribution in [0.15, 0.2) is 40.3 Å². The van der Waals surface area contributed by atoms with Gasteiger partial charge in [0.15, 0.2) is 0 Å². The van der Waals surface area contributed by atoms with Gasteiger partial charge in [-0.05, 0) is 57.4 Å². The fourth-order valence-electron chi connectivity index (χ4n) is 2.06. The second kappa shape index (κ2) is 5.89. The summed E-state index contributed by atoms with van der Waals surface area (Å²) >= 11 is 5.19. The first-order valence-corrected chi connectivity index (χ1v) is 8.19. The molecule has 0 aliphatic heterocycles. The predicted octanol–water partition coefficient (Wildman–Crippen LogP) is 5.15. The molecule has 2 aromatic heterocycles. The highest BCUT2D eigenvalue weighted by molar-refractivity contribution is 9.10. The Balaban J connectivity index is 1.89. The van der Waals surface area contributed by atoms with Crippen LogP contribution in [0.4, 0.5) is 11.5 Å². The standard InChI is InChI=1S/C15H14BrN3S/c1-2-3-14-18-13(16)9-15(19-14)17-11-4-5-12-10(8-11)6-7-20-12/h4-9H,2-3H2,1H3,(H,17,18,19). The van der Waals surface area contributed by atoms with E-state index in [4.69, 9.17) is 0 Å². The molecule has 0 atom stereocenters. The van der Waals surface area contributed by atoms with Crippen LogP contribution in [-0.2, 0) is 6.42 Å². The van der Waals surface area contributed by atoms with Gasteiger partial charge < -0.3 is 5.32 Å². The summed E-state index contributed by atoms with van der Waals surface area (Å²) in [5.74, 6) is 1.69. The summed E-state index contributed by atoms with van der Waals surface area (Å²) in [4.78, 5) is 8.91. The summed E-state index contributed by atoms with van der Waals surface area (Å²) < 4.78 is 2.11. The van der Waals surface area contributed by atoms with E-state index in [1.807, 2.05) is 6.07 Å². The Kier molecular flexibility index (Phi) is 3.98. The lowest BCUT2D eigenvalue weighted by Gasteiger charge is -2.08. The topological polar surface area (TPSA) is 37.8 Å². The zero-order chi connectivity index (χ0) is 13.9. The zero-order valence-corrected chi connectivity index (χ0v) is 13.5. The monoisotopic (exact) mass is 347 g/mol. The number of aromatic nitrogens is 2. The van der Waals surface area contributed by atoms with Crippen LogP contribution >= 0.6 is 27.3 Å². The number of hydrogen-bond donors (Lipinski definition) is 1. The molecule has 0 fully saturated rings. The number of halogens is 1. The van der Waals surface area contributed by atoms with E-state index in [0.29, 0.717) is 0 Å². The number of rotatable bonds is 4. The van der Waals surface area contributed by atoms with Crippen LogP contribution < -0.4 is 5.32 Å². The van der Waals surface area contributed by atoms with E-state index in [0.717, 1.165) is 34.8 Å². The minimum atomic E-state index is 0.815. The molecule has 0 aliphatic carbocycles. The number of benzene rings is 1. The average Bonchev–Trinajstić information content (AvgIpc) is 2.85. The maximum atomic E-state index is 4.54. The van der Waals surface area contributed by atoms with Gasteiger partial charge in [0.1, 0.15) is 16.2 Å². The fraction of sp³-hybridized carbons (Fsp3) is 0.200. The number of aryl methyl sites for hydroxylation is 1. The van der Waals surface area contributed by atoms with E-state index >= 15 is 0 Å². The Morgan fingerprint density at radius 3 is 2.95 bits per heavy atom. The average molecular weight is 348 g/mol. The molecule has 3 rings (SSSR count). The predicted molar refractivity (Wildman–Crippen MR) is 88.8 cm³/mol. The number of anilines is 2. The second-order valence-corrected chi connectivity index (χ2v) is 6.30. The lowest BCUT2D eigenvalue weighted by molar-refractivity contribution is 0.831. The molecule has 102 valence electrons. The molecule has 0 saturated carbocycles. The number of hydrogen-bond acceptors (Lipinski definition) is 4. The van der Waals surface area contributed by atoms with Gasteiger partial charge in [0.2, 0.25) is 0 Å². The van der Waals surface area contributed by atoms with Gasteiger partial charge >= 0.3 is 0 Å². The van der Waals surface area contributed by atoms with Gasteiger partial charge in [0.25, 0.3) is 0 Å². The van der Waals surface area contributed by atoms with Crippen molar-refractivity contribution in [3.05, 3.63) is 46.1 Å². The van der Waals surface area contributed by atoms with Gasteiger partial charge in [-0.15, -0.1) is 11.3 Å². The molecule has 0 aliphatic rings. The summed E-state index contributed by atoms with van der Waals surface area (Å²) in [6, 6.07) is 10.4. The van der Waals surface area contributed by atoms with E-state index in [-0.39, 0.29) is 0 Å². The molecule has 3 aromatic rings. The Morgan fingerprint density at radius 2 is 2.10 bits per heavy atom. The van der Waals surface area contributed by atoms with Crippen molar-refractivity contribution < 1.29 is 0 Å². The quantitative estimate of drug-likeness (QED) is 0.663. The van der Waals surface area contributed by atoms with Crippen LogP contribution in [0.3, 0.4) is 0 Å². The molecule has 0 bridgehead atoms. The molecule has 5 heteroatoms. The van der Waals surface area contributed by atoms with E-state index in [1.165, 1.54) is 10.1 Å². The van der Waals surface area contributed by atoms with Crippen molar-refractivity contribution in [2.75, 3.05) is 5.32 Å². The zero-order valence-electron chi connectivity index (χ0n) is 11.1.